The topological polar surface area (TPSA) is 56.5 Å². The molecule has 1 heterocycles. The second-order valence-corrected chi connectivity index (χ2v) is 5.10. The molecule has 0 saturated carbocycles. The normalized spacial score (nSPS) is 10.4. The largest absolute Gasteiger partial charge is 0.457 e. The van der Waals surface area contributed by atoms with Crippen molar-refractivity contribution in [3.05, 3.63) is 83.4 Å². The molecule has 0 bridgehead atoms. The van der Waals surface area contributed by atoms with E-state index in [2.05, 4.69) is 0 Å². The molecule has 0 unspecified atom stereocenters. The third-order valence-corrected chi connectivity index (χ3v) is 3.41. The quantitative estimate of drug-likeness (QED) is 0.520. The van der Waals surface area contributed by atoms with Crippen molar-refractivity contribution in [2.45, 2.75) is 6.61 Å². The molecule has 5 heteroatoms. The molecule has 0 aliphatic carbocycles. The van der Waals surface area contributed by atoms with Crippen LogP contribution in [0.2, 0.25) is 0 Å². The van der Waals surface area contributed by atoms with Crippen LogP contribution in [0.4, 0.5) is 4.39 Å². The Bertz CT molecular complexity index is 865. The van der Waals surface area contributed by atoms with Crippen molar-refractivity contribution in [1.82, 2.24) is 0 Å². The van der Waals surface area contributed by atoms with E-state index in [-0.39, 0.29) is 18.2 Å². The number of hydrogen-bond acceptors (Lipinski definition) is 4. The summed E-state index contributed by atoms with van der Waals surface area (Å²) < 4.78 is 23.6. The van der Waals surface area contributed by atoms with Crippen molar-refractivity contribution in [1.29, 1.82) is 0 Å². The number of halogens is 1. The van der Waals surface area contributed by atoms with Crippen molar-refractivity contribution in [3.8, 4) is 11.3 Å². The van der Waals surface area contributed by atoms with Gasteiger partial charge in [-0.2, -0.15) is 0 Å². The lowest BCUT2D eigenvalue weighted by atomic mass is 10.1. The number of benzene rings is 2. The molecule has 120 valence electrons. The number of carbonyl (C=O) groups excluding carboxylic acids is 2. The number of rotatable bonds is 5. The first-order chi connectivity index (χ1) is 11.7. The fourth-order valence-electron chi connectivity index (χ4n) is 2.20. The molecule has 4 nitrogen and oxygen atoms in total. The van der Waals surface area contributed by atoms with E-state index in [9.17, 15) is 14.0 Å². The van der Waals surface area contributed by atoms with Gasteiger partial charge in [-0.25, -0.2) is 9.18 Å². The molecular weight excluding hydrogens is 311 g/mol. The van der Waals surface area contributed by atoms with Gasteiger partial charge in [-0.05, 0) is 42.0 Å². The van der Waals surface area contributed by atoms with Gasteiger partial charge < -0.3 is 9.15 Å². The van der Waals surface area contributed by atoms with E-state index in [4.69, 9.17) is 9.15 Å². The van der Waals surface area contributed by atoms with Crippen LogP contribution in [0.1, 0.15) is 26.5 Å². The minimum atomic E-state index is -0.501. The van der Waals surface area contributed by atoms with E-state index >= 15 is 0 Å². The molecule has 0 spiro atoms. The predicted molar refractivity (Wildman–Crippen MR) is 85.1 cm³/mol. The summed E-state index contributed by atoms with van der Waals surface area (Å²) >= 11 is 0. The maximum Gasteiger partial charge on any atom is 0.338 e. The molecule has 1 aromatic heterocycles. The zero-order chi connectivity index (χ0) is 16.9. The van der Waals surface area contributed by atoms with Crippen LogP contribution in [0.5, 0.6) is 0 Å². The Morgan fingerprint density at radius 3 is 2.54 bits per heavy atom. The standard InChI is InChI=1S/C19H13FO4/c20-16-3-1-2-13(10-16)12-23-19(22)15-6-4-14(5-7-15)18-9-8-17(11-21)24-18/h1-11H,12H2. The van der Waals surface area contributed by atoms with E-state index < -0.39 is 5.97 Å². The number of carbonyl (C=O) groups is 2. The summed E-state index contributed by atoms with van der Waals surface area (Å²) in [5.41, 5.74) is 1.69. The van der Waals surface area contributed by atoms with Crippen LogP contribution in [-0.2, 0) is 11.3 Å². The van der Waals surface area contributed by atoms with Crippen LogP contribution in [0.25, 0.3) is 11.3 Å². The van der Waals surface area contributed by atoms with Gasteiger partial charge in [-0.15, -0.1) is 0 Å². The fourth-order valence-corrected chi connectivity index (χ4v) is 2.20. The summed E-state index contributed by atoms with van der Waals surface area (Å²) in [7, 11) is 0. The number of furan rings is 1. The van der Waals surface area contributed by atoms with Crippen LogP contribution >= 0.6 is 0 Å². The number of esters is 1. The Hall–Kier alpha value is -3.21. The third kappa shape index (κ3) is 3.57. The minimum absolute atomic E-state index is 0.000770. The Morgan fingerprint density at radius 2 is 1.88 bits per heavy atom. The van der Waals surface area contributed by atoms with Crippen LogP contribution in [-0.4, -0.2) is 12.3 Å². The average molecular weight is 324 g/mol. The molecule has 2 aromatic carbocycles. The summed E-state index contributed by atoms with van der Waals surface area (Å²) in [5, 5.41) is 0. The first kappa shape index (κ1) is 15.7. The molecular formula is C19H13FO4. The van der Waals surface area contributed by atoms with Gasteiger partial charge in [0.2, 0.25) is 0 Å². The van der Waals surface area contributed by atoms with Gasteiger partial charge in [-0.1, -0.05) is 24.3 Å². The highest BCUT2D eigenvalue weighted by Crippen LogP contribution is 2.22. The van der Waals surface area contributed by atoms with Crippen LogP contribution in [0, 0.1) is 5.82 Å². The van der Waals surface area contributed by atoms with Crippen molar-refractivity contribution in [2.24, 2.45) is 0 Å². The summed E-state index contributed by atoms with van der Waals surface area (Å²) in [6.07, 6.45) is 0.627. The van der Waals surface area contributed by atoms with E-state index in [1.54, 1.807) is 48.5 Å². The summed E-state index contributed by atoms with van der Waals surface area (Å²) in [4.78, 5) is 22.6. The highest BCUT2D eigenvalue weighted by molar-refractivity contribution is 5.90. The van der Waals surface area contributed by atoms with Crippen LogP contribution in [0.15, 0.2) is 65.1 Å². The van der Waals surface area contributed by atoms with Crippen LogP contribution < -0.4 is 0 Å². The summed E-state index contributed by atoms with van der Waals surface area (Å²) in [6, 6.07) is 15.7. The molecule has 0 radical (unpaired) electrons. The van der Waals surface area contributed by atoms with Gasteiger partial charge in [0.25, 0.3) is 0 Å². The first-order valence-electron chi connectivity index (χ1n) is 7.23. The Morgan fingerprint density at radius 1 is 1.08 bits per heavy atom. The highest BCUT2D eigenvalue weighted by Gasteiger charge is 2.10. The smallest absolute Gasteiger partial charge is 0.338 e. The van der Waals surface area contributed by atoms with E-state index in [1.807, 2.05) is 0 Å². The Kier molecular flexibility index (Phi) is 4.52. The molecule has 3 rings (SSSR count). The van der Waals surface area contributed by atoms with Gasteiger partial charge in [0.1, 0.15) is 18.2 Å². The zero-order valence-electron chi connectivity index (χ0n) is 12.6. The second kappa shape index (κ2) is 6.91. The molecule has 0 amide bonds. The predicted octanol–water partition coefficient (Wildman–Crippen LogP) is 4.26. The van der Waals surface area contributed by atoms with Crippen molar-refractivity contribution in [3.63, 3.8) is 0 Å². The lowest BCUT2D eigenvalue weighted by Crippen LogP contribution is -2.05. The SMILES string of the molecule is O=Cc1ccc(-c2ccc(C(=O)OCc3cccc(F)c3)cc2)o1. The highest BCUT2D eigenvalue weighted by atomic mass is 19.1. The Labute approximate surface area is 137 Å². The molecule has 0 aliphatic rings. The molecule has 0 saturated heterocycles. The molecule has 0 N–H and O–H groups in total. The molecule has 0 aliphatic heterocycles. The molecule has 24 heavy (non-hydrogen) atoms. The first-order valence-corrected chi connectivity index (χ1v) is 7.23. The van der Waals surface area contributed by atoms with Gasteiger partial charge in [0.15, 0.2) is 12.0 Å². The monoisotopic (exact) mass is 324 g/mol. The van der Waals surface area contributed by atoms with Gasteiger partial charge in [-0.3, -0.25) is 4.79 Å². The maximum atomic E-state index is 13.1. The van der Waals surface area contributed by atoms with E-state index in [0.29, 0.717) is 23.2 Å². The second-order valence-electron chi connectivity index (χ2n) is 5.10. The third-order valence-electron chi connectivity index (χ3n) is 3.41. The van der Waals surface area contributed by atoms with Crippen molar-refractivity contribution >= 4 is 12.3 Å². The average Bonchev–Trinajstić information content (AvgIpc) is 3.09. The number of hydrogen-bond donors (Lipinski definition) is 0. The van der Waals surface area contributed by atoms with E-state index in [1.165, 1.54) is 12.1 Å². The zero-order valence-corrected chi connectivity index (χ0v) is 12.6. The molecule has 0 fully saturated rings. The number of ether oxygens (including phenoxy) is 1. The van der Waals surface area contributed by atoms with Gasteiger partial charge >= 0.3 is 5.97 Å². The lowest BCUT2D eigenvalue weighted by Gasteiger charge is -2.06. The summed E-state index contributed by atoms with van der Waals surface area (Å²) in [5.74, 6) is -0.0970. The van der Waals surface area contributed by atoms with Gasteiger partial charge in [0, 0.05) is 5.56 Å². The lowest BCUT2D eigenvalue weighted by molar-refractivity contribution is 0.0472. The molecule has 0 atom stereocenters. The molecule has 3 aromatic rings. The minimum Gasteiger partial charge on any atom is -0.457 e. The summed E-state index contributed by atoms with van der Waals surface area (Å²) in [6.45, 7) is -0.000770. The van der Waals surface area contributed by atoms with Crippen LogP contribution in [0.3, 0.4) is 0 Å². The van der Waals surface area contributed by atoms with Gasteiger partial charge in [0.05, 0.1) is 5.56 Å². The van der Waals surface area contributed by atoms with Crippen molar-refractivity contribution in [2.75, 3.05) is 0 Å². The maximum absolute atomic E-state index is 13.1. The van der Waals surface area contributed by atoms with Crippen molar-refractivity contribution < 1.29 is 23.1 Å². The van der Waals surface area contributed by atoms with E-state index in [0.717, 1.165) is 5.56 Å². The number of aldehydes is 1. The fraction of sp³-hybridized carbons (Fsp3) is 0.0526. The Balaban J connectivity index is 1.66.